The summed E-state index contributed by atoms with van der Waals surface area (Å²) >= 11 is 1.03. The molecule has 1 fully saturated rings. The highest BCUT2D eigenvalue weighted by Crippen LogP contribution is 2.36. The normalized spacial score (nSPS) is 22.3. The lowest BCUT2D eigenvalue weighted by Crippen LogP contribution is -2.58. The van der Waals surface area contributed by atoms with Crippen LogP contribution >= 0.6 is 11.8 Å². The quantitative estimate of drug-likeness (QED) is 0.303. The Hall–Kier alpha value is -4.61. The first-order chi connectivity index (χ1) is 19.9. The number of nitrogens with zero attached hydrogens (tertiary/aromatic N) is 2. The molecule has 0 aromatic heterocycles. The van der Waals surface area contributed by atoms with E-state index in [1.165, 1.54) is 6.92 Å². The lowest BCUT2D eigenvalue weighted by molar-refractivity contribution is -0.119. The molecule has 3 aromatic carbocycles. The van der Waals surface area contributed by atoms with Crippen molar-refractivity contribution in [2.24, 2.45) is 9.98 Å². The number of aliphatic imine (C=N–C) groups is 2. The fourth-order valence-electron chi connectivity index (χ4n) is 4.16. The lowest BCUT2D eigenvalue weighted by atomic mass is 9.99. The molecule has 41 heavy (non-hydrogen) atoms. The van der Waals surface area contributed by atoms with E-state index in [-0.39, 0.29) is 28.6 Å². The summed E-state index contributed by atoms with van der Waals surface area (Å²) in [6.07, 6.45) is -3.55. The highest BCUT2D eigenvalue weighted by Gasteiger charge is 2.51. The van der Waals surface area contributed by atoms with Crippen LogP contribution < -0.4 is 0 Å². The van der Waals surface area contributed by atoms with E-state index >= 15 is 0 Å². The smallest absolute Gasteiger partial charge is 0.338 e. The van der Waals surface area contributed by atoms with Crippen LogP contribution in [0.2, 0.25) is 0 Å². The van der Waals surface area contributed by atoms with E-state index in [4.69, 9.17) is 18.9 Å². The van der Waals surface area contributed by atoms with Gasteiger partial charge in [0.25, 0.3) is 0 Å². The minimum Gasteiger partial charge on any atom is -0.459 e. The Bertz CT molecular complexity index is 1490. The van der Waals surface area contributed by atoms with Crippen LogP contribution in [0.3, 0.4) is 0 Å². The van der Waals surface area contributed by atoms with Crippen LogP contribution in [0.4, 0.5) is 0 Å². The van der Waals surface area contributed by atoms with Crippen molar-refractivity contribution < 1.29 is 38.1 Å². The summed E-state index contributed by atoms with van der Waals surface area (Å²) in [4.78, 5) is 59.0. The SMILES string of the molecule is CC(=O)N=C1N=C2[C@@H](OC(=O)c3ccccc3)[C@H](OC(=O)c3ccccc3)[C@@H](COC(=O)c3ccccc3)O[C@H]2S1. The molecule has 10 nitrogen and oxygen atoms in total. The Kier molecular flexibility index (Phi) is 8.66. The topological polar surface area (TPSA) is 130 Å². The fraction of sp³-hybridized carbons (Fsp3) is 0.200. The standard InChI is InChI=1S/C30H24N2O8S/c1-18(33)31-30-32-23-25(40-28(36)21-15-9-4-10-16-21)24(39-27(35)20-13-7-3-8-14-20)22(38-29(23)41-30)17-37-26(34)19-11-5-2-6-12-19/h2-16,22,24-25,29H,17H2,1H3/t22-,24-,25-,29+/m1/s1. The molecule has 2 aliphatic rings. The first-order valence-electron chi connectivity index (χ1n) is 12.6. The van der Waals surface area contributed by atoms with E-state index in [2.05, 4.69) is 9.98 Å². The first-order valence-corrected chi connectivity index (χ1v) is 13.5. The molecule has 0 aliphatic carbocycles. The maximum Gasteiger partial charge on any atom is 0.338 e. The molecule has 0 radical (unpaired) electrons. The Morgan fingerprint density at radius 2 is 1.29 bits per heavy atom. The third kappa shape index (κ3) is 6.76. The highest BCUT2D eigenvalue weighted by molar-refractivity contribution is 8.15. The van der Waals surface area contributed by atoms with Crippen LogP contribution in [-0.4, -0.2) is 65.0 Å². The molecule has 1 saturated heterocycles. The zero-order chi connectivity index (χ0) is 28.8. The summed E-state index contributed by atoms with van der Waals surface area (Å²) in [6, 6.07) is 24.9. The molecule has 0 unspecified atom stereocenters. The van der Waals surface area contributed by atoms with Crippen molar-refractivity contribution >= 4 is 46.5 Å². The summed E-state index contributed by atoms with van der Waals surface area (Å²) in [5.41, 5.74) is 0.204. The van der Waals surface area contributed by atoms with Gasteiger partial charge in [-0.15, -0.1) is 0 Å². The van der Waals surface area contributed by atoms with E-state index in [9.17, 15) is 19.2 Å². The number of ether oxygens (including phenoxy) is 4. The van der Waals surface area contributed by atoms with Gasteiger partial charge in [-0.3, -0.25) is 4.79 Å². The number of thioether (sulfide) groups is 1. The second kappa shape index (κ2) is 12.7. The second-order valence-electron chi connectivity index (χ2n) is 8.97. The van der Waals surface area contributed by atoms with Crippen molar-refractivity contribution in [2.45, 2.75) is 30.7 Å². The molecule has 3 aromatic rings. The Morgan fingerprint density at radius 3 is 1.83 bits per heavy atom. The van der Waals surface area contributed by atoms with Gasteiger partial charge in [0.15, 0.2) is 22.8 Å². The van der Waals surface area contributed by atoms with Crippen molar-refractivity contribution in [3.05, 3.63) is 108 Å². The summed E-state index contributed by atoms with van der Waals surface area (Å²) < 4.78 is 23.5. The second-order valence-corrected chi connectivity index (χ2v) is 10.00. The number of fused-ring (bicyclic) bond motifs is 1. The molecule has 2 heterocycles. The molecule has 0 saturated carbocycles. The number of benzene rings is 3. The zero-order valence-electron chi connectivity index (χ0n) is 21.7. The van der Waals surface area contributed by atoms with Gasteiger partial charge in [0.2, 0.25) is 5.91 Å². The maximum absolute atomic E-state index is 13.2. The number of esters is 3. The minimum absolute atomic E-state index is 0.105. The lowest BCUT2D eigenvalue weighted by Gasteiger charge is -2.39. The van der Waals surface area contributed by atoms with Crippen molar-refractivity contribution in [3.63, 3.8) is 0 Å². The molecule has 5 rings (SSSR count). The van der Waals surface area contributed by atoms with E-state index in [0.717, 1.165) is 11.8 Å². The van der Waals surface area contributed by atoms with Crippen molar-refractivity contribution in [3.8, 4) is 0 Å². The molecular formula is C30H24N2O8S. The van der Waals surface area contributed by atoms with E-state index in [0.29, 0.717) is 5.56 Å². The number of amidine groups is 1. The van der Waals surface area contributed by atoms with Crippen LogP contribution in [0.25, 0.3) is 0 Å². The number of amides is 1. The van der Waals surface area contributed by atoms with E-state index in [1.807, 2.05) is 0 Å². The Morgan fingerprint density at radius 1 is 0.780 bits per heavy atom. The number of hydrogen-bond donors (Lipinski definition) is 0. The van der Waals surface area contributed by atoms with Crippen molar-refractivity contribution in [1.29, 1.82) is 0 Å². The van der Waals surface area contributed by atoms with E-state index < -0.39 is 47.6 Å². The monoisotopic (exact) mass is 572 g/mol. The fourth-order valence-corrected chi connectivity index (χ4v) is 5.20. The van der Waals surface area contributed by atoms with Gasteiger partial charge in [0.05, 0.1) is 16.7 Å². The van der Waals surface area contributed by atoms with Gasteiger partial charge in [-0.2, -0.15) is 4.99 Å². The average molecular weight is 573 g/mol. The van der Waals surface area contributed by atoms with Crippen LogP contribution in [0.15, 0.2) is 101 Å². The van der Waals surface area contributed by atoms with Gasteiger partial charge < -0.3 is 18.9 Å². The van der Waals surface area contributed by atoms with Crippen molar-refractivity contribution in [2.75, 3.05) is 6.61 Å². The van der Waals surface area contributed by atoms with Crippen LogP contribution in [0, 0.1) is 0 Å². The average Bonchev–Trinajstić information content (AvgIpc) is 3.39. The van der Waals surface area contributed by atoms with Crippen LogP contribution in [0.1, 0.15) is 38.0 Å². The van der Waals surface area contributed by atoms with Crippen molar-refractivity contribution in [1.82, 2.24) is 0 Å². The molecule has 0 spiro atoms. The first kappa shape index (κ1) is 27.9. The number of hydrogen-bond acceptors (Lipinski definition) is 9. The van der Waals surface area contributed by atoms with Gasteiger partial charge in [0, 0.05) is 6.92 Å². The van der Waals surface area contributed by atoms with Crippen LogP contribution in [0.5, 0.6) is 0 Å². The number of carbonyl (C=O) groups excluding carboxylic acids is 4. The summed E-state index contributed by atoms with van der Waals surface area (Å²) in [5.74, 6) is -2.49. The molecular weight excluding hydrogens is 548 g/mol. The molecule has 1 amide bonds. The van der Waals surface area contributed by atoms with E-state index in [1.54, 1.807) is 91.0 Å². The number of rotatable bonds is 7. The predicted molar refractivity (Wildman–Crippen MR) is 150 cm³/mol. The number of carbonyl (C=O) groups is 4. The molecule has 11 heteroatoms. The predicted octanol–water partition coefficient (Wildman–Crippen LogP) is 4.11. The Labute approximate surface area is 239 Å². The molecule has 0 bridgehead atoms. The minimum atomic E-state index is -1.26. The third-order valence-electron chi connectivity index (χ3n) is 6.07. The molecule has 4 atom stereocenters. The van der Waals surface area contributed by atoms with Gasteiger partial charge in [-0.1, -0.05) is 54.6 Å². The van der Waals surface area contributed by atoms with Gasteiger partial charge in [-0.05, 0) is 48.2 Å². The summed E-state index contributed by atoms with van der Waals surface area (Å²) in [5, 5.41) is 0.105. The zero-order valence-corrected chi connectivity index (χ0v) is 22.6. The summed E-state index contributed by atoms with van der Waals surface area (Å²) in [7, 11) is 0. The van der Waals surface area contributed by atoms with Gasteiger partial charge >= 0.3 is 17.9 Å². The molecule has 2 aliphatic heterocycles. The molecule has 208 valence electrons. The summed E-state index contributed by atoms with van der Waals surface area (Å²) in [6.45, 7) is 0.948. The maximum atomic E-state index is 13.2. The van der Waals surface area contributed by atoms with Gasteiger partial charge in [0.1, 0.15) is 18.4 Å². The highest BCUT2D eigenvalue weighted by atomic mass is 32.2. The Balaban J connectivity index is 1.49. The largest absolute Gasteiger partial charge is 0.459 e. The third-order valence-corrected chi connectivity index (χ3v) is 7.03. The molecule has 0 N–H and O–H groups in total. The van der Waals surface area contributed by atoms with Gasteiger partial charge in [-0.25, -0.2) is 19.4 Å². The van der Waals surface area contributed by atoms with Crippen LogP contribution in [-0.2, 0) is 23.7 Å².